The van der Waals surface area contributed by atoms with Gasteiger partial charge in [-0.25, -0.2) is 14.4 Å². The molecule has 1 aliphatic rings. The molecule has 0 bridgehead atoms. The molecule has 4 heterocycles. The highest BCUT2D eigenvalue weighted by molar-refractivity contribution is 7.20. The van der Waals surface area contributed by atoms with Gasteiger partial charge >= 0.3 is 0 Å². The SMILES string of the molecule is Fc1ccc(-c2cc(-c3csc(-c4nc(-c5ccc6c(c5)OCO6)cs4)n3)on2)cc1. The van der Waals surface area contributed by atoms with Crippen molar-refractivity contribution in [3.63, 3.8) is 0 Å². The smallest absolute Gasteiger partial charge is 0.231 e. The molecule has 5 aromatic rings. The fourth-order valence-electron chi connectivity index (χ4n) is 3.20. The van der Waals surface area contributed by atoms with Gasteiger partial charge in [-0.1, -0.05) is 5.16 Å². The van der Waals surface area contributed by atoms with E-state index in [1.807, 2.05) is 29.0 Å². The molecule has 3 aromatic heterocycles. The Balaban J connectivity index is 1.26. The molecule has 1 aliphatic heterocycles. The Hall–Kier alpha value is -3.56. The summed E-state index contributed by atoms with van der Waals surface area (Å²) in [6.45, 7) is 0.244. The Labute approximate surface area is 183 Å². The molecule has 0 N–H and O–H groups in total. The highest BCUT2D eigenvalue weighted by Gasteiger charge is 2.17. The lowest BCUT2D eigenvalue weighted by atomic mass is 10.1. The normalized spacial score (nSPS) is 12.4. The summed E-state index contributed by atoms with van der Waals surface area (Å²) in [6, 6.07) is 13.7. The highest BCUT2D eigenvalue weighted by atomic mass is 32.1. The van der Waals surface area contributed by atoms with Gasteiger partial charge in [0.1, 0.15) is 17.2 Å². The summed E-state index contributed by atoms with van der Waals surface area (Å²) >= 11 is 3.01. The molecule has 0 amide bonds. The Kier molecular flexibility index (Phi) is 4.29. The van der Waals surface area contributed by atoms with E-state index in [4.69, 9.17) is 19.0 Å². The van der Waals surface area contributed by atoms with E-state index in [0.29, 0.717) is 17.1 Å². The number of hydrogen-bond donors (Lipinski definition) is 0. The van der Waals surface area contributed by atoms with Gasteiger partial charge in [0, 0.05) is 28.0 Å². The maximum absolute atomic E-state index is 13.1. The quantitative estimate of drug-likeness (QED) is 0.329. The molecule has 0 radical (unpaired) electrons. The summed E-state index contributed by atoms with van der Waals surface area (Å²) in [7, 11) is 0. The van der Waals surface area contributed by atoms with Gasteiger partial charge in [0.05, 0.1) is 5.69 Å². The summed E-state index contributed by atoms with van der Waals surface area (Å²) in [5.41, 5.74) is 3.90. The van der Waals surface area contributed by atoms with Crippen LogP contribution in [0.5, 0.6) is 11.5 Å². The van der Waals surface area contributed by atoms with E-state index in [0.717, 1.165) is 38.3 Å². The number of benzene rings is 2. The first kappa shape index (κ1) is 18.2. The standard InChI is InChI=1S/C22H12FN3O3S2/c23-14-4-1-12(2-5-14)15-8-19(29-26-15)17-10-31-22(25-17)21-24-16(9-30-21)13-3-6-18-20(7-13)28-11-27-18/h1-10H,11H2. The minimum atomic E-state index is -0.292. The largest absolute Gasteiger partial charge is 0.454 e. The van der Waals surface area contributed by atoms with Gasteiger partial charge in [-0.15, -0.1) is 22.7 Å². The molecule has 9 heteroatoms. The lowest BCUT2D eigenvalue weighted by Crippen LogP contribution is -1.92. The number of rotatable bonds is 4. The topological polar surface area (TPSA) is 70.3 Å². The number of halogens is 1. The predicted molar refractivity (Wildman–Crippen MR) is 116 cm³/mol. The van der Waals surface area contributed by atoms with E-state index in [1.54, 1.807) is 18.2 Å². The minimum absolute atomic E-state index is 0.244. The molecule has 0 atom stereocenters. The van der Waals surface area contributed by atoms with Gasteiger partial charge < -0.3 is 14.0 Å². The van der Waals surface area contributed by atoms with Crippen molar-refractivity contribution < 1.29 is 18.4 Å². The molecular weight excluding hydrogens is 437 g/mol. The molecular formula is C22H12FN3O3S2. The van der Waals surface area contributed by atoms with Crippen LogP contribution < -0.4 is 9.47 Å². The molecule has 0 spiro atoms. The highest BCUT2D eigenvalue weighted by Crippen LogP contribution is 2.38. The van der Waals surface area contributed by atoms with Gasteiger partial charge in [0.15, 0.2) is 27.3 Å². The molecule has 0 aliphatic carbocycles. The Morgan fingerprint density at radius 2 is 1.45 bits per heavy atom. The molecule has 2 aromatic carbocycles. The third-order valence-corrected chi connectivity index (χ3v) is 6.59. The summed E-state index contributed by atoms with van der Waals surface area (Å²) in [6.07, 6.45) is 0. The zero-order valence-corrected chi connectivity index (χ0v) is 17.4. The van der Waals surface area contributed by atoms with Crippen molar-refractivity contribution >= 4 is 22.7 Å². The van der Waals surface area contributed by atoms with Crippen LogP contribution in [0.1, 0.15) is 0 Å². The average molecular weight is 449 g/mol. The van der Waals surface area contributed by atoms with E-state index in [1.165, 1.54) is 34.8 Å². The Morgan fingerprint density at radius 1 is 0.742 bits per heavy atom. The molecule has 0 fully saturated rings. The van der Waals surface area contributed by atoms with E-state index >= 15 is 0 Å². The Morgan fingerprint density at radius 3 is 2.29 bits per heavy atom. The lowest BCUT2D eigenvalue weighted by Gasteiger charge is -1.99. The predicted octanol–water partition coefficient (Wildman–Crippen LogP) is 6.12. The van der Waals surface area contributed by atoms with Crippen LogP contribution in [0.4, 0.5) is 4.39 Å². The average Bonchev–Trinajstić information content (AvgIpc) is 3.59. The zero-order valence-electron chi connectivity index (χ0n) is 15.7. The van der Waals surface area contributed by atoms with Crippen molar-refractivity contribution in [2.45, 2.75) is 0 Å². The number of nitrogens with zero attached hydrogens (tertiary/aromatic N) is 3. The van der Waals surface area contributed by atoms with Crippen LogP contribution in [0.2, 0.25) is 0 Å². The van der Waals surface area contributed by atoms with Gasteiger partial charge in [-0.05, 0) is 42.5 Å². The zero-order chi connectivity index (χ0) is 20.8. The number of aromatic nitrogens is 3. The second kappa shape index (κ2) is 7.29. The van der Waals surface area contributed by atoms with Crippen molar-refractivity contribution in [3.8, 4) is 55.5 Å². The van der Waals surface area contributed by atoms with Crippen LogP contribution in [0.15, 0.2) is 63.8 Å². The van der Waals surface area contributed by atoms with Gasteiger partial charge in [-0.3, -0.25) is 0 Å². The van der Waals surface area contributed by atoms with Crippen LogP contribution in [0, 0.1) is 5.82 Å². The van der Waals surface area contributed by atoms with E-state index < -0.39 is 0 Å². The van der Waals surface area contributed by atoms with Crippen molar-refractivity contribution in [3.05, 3.63) is 65.1 Å². The molecule has 0 saturated carbocycles. The van der Waals surface area contributed by atoms with Crippen LogP contribution in [0.25, 0.3) is 44.0 Å². The molecule has 152 valence electrons. The minimum Gasteiger partial charge on any atom is -0.454 e. The monoisotopic (exact) mass is 449 g/mol. The van der Waals surface area contributed by atoms with Crippen LogP contribution >= 0.6 is 22.7 Å². The summed E-state index contributed by atoms with van der Waals surface area (Å²) in [5, 5.41) is 9.60. The second-order valence-corrected chi connectivity index (χ2v) is 8.44. The molecule has 6 nitrogen and oxygen atoms in total. The van der Waals surface area contributed by atoms with E-state index in [2.05, 4.69) is 10.1 Å². The number of hydrogen-bond acceptors (Lipinski definition) is 8. The summed E-state index contributed by atoms with van der Waals surface area (Å²) in [4.78, 5) is 9.40. The fourth-order valence-corrected chi connectivity index (χ4v) is 4.89. The van der Waals surface area contributed by atoms with E-state index in [-0.39, 0.29) is 12.6 Å². The molecule has 31 heavy (non-hydrogen) atoms. The summed E-state index contributed by atoms with van der Waals surface area (Å²) in [5.74, 6) is 1.73. The van der Waals surface area contributed by atoms with Gasteiger partial charge in [0.2, 0.25) is 6.79 Å². The first-order valence-corrected chi connectivity index (χ1v) is 11.0. The van der Waals surface area contributed by atoms with Crippen molar-refractivity contribution in [1.82, 2.24) is 15.1 Å². The van der Waals surface area contributed by atoms with Crippen LogP contribution in [-0.4, -0.2) is 21.9 Å². The Bertz CT molecular complexity index is 1390. The molecule has 0 unspecified atom stereocenters. The van der Waals surface area contributed by atoms with Crippen LogP contribution in [-0.2, 0) is 0 Å². The first-order chi connectivity index (χ1) is 15.2. The number of thiazole rings is 2. The van der Waals surface area contributed by atoms with Crippen molar-refractivity contribution in [2.75, 3.05) is 6.79 Å². The van der Waals surface area contributed by atoms with Crippen molar-refractivity contribution in [2.24, 2.45) is 0 Å². The van der Waals surface area contributed by atoms with Gasteiger partial charge in [0.25, 0.3) is 0 Å². The van der Waals surface area contributed by atoms with Gasteiger partial charge in [-0.2, -0.15) is 0 Å². The summed E-state index contributed by atoms with van der Waals surface area (Å²) < 4.78 is 29.4. The fraction of sp³-hybridized carbons (Fsp3) is 0.0455. The second-order valence-electron chi connectivity index (χ2n) is 6.73. The third-order valence-electron chi connectivity index (χ3n) is 4.76. The maximum Gasteiger partial charge on any atom is 0.231 e. The number of fused-ring (bicyclic) bond motifs is 1. The number of ether oxygens (including phenoxy) is 2. The van der Waals surface area contributed by atoms with E-state index in [9.17, 15) is 4.39 Å². The van der Waals surface area contributed by atoms with Crippen LogP contribution in [0.3, 0.4) is 0 Å². The van der Waals surface area contributed by atoms with Crippen molar-refractivity contribution in [1.29, 1.82) is 0 Å². The molecule has 6 rings (SSSR count). The first-order valence-electron chi connectivity index (χ1n) is 9.27. The maximum atomic E-state index is 13.1. The molecule has 0 saturated heterocycles. The third kappa shape index (κ3) is 3.37. The lowest BCUT2D eigenvalue weighted by molar-refractivity contribution is 0.174.